The van der Waals surface area contributed by atoms with Crippen LogP contribution in [0.3, 0.4) is 0 Å². The molecule has 0 saturated carbocycles. The van der Waals surface area contributed by atoms with Crippen molar-refractivity contribution in [2.24, 2.45) is 0 Å². The van der Waals surface area contributed by atoms with Crippen LogP contribution in [0.25, 0.3) is 21.5 Å². The first-order chi connectivity index (χ1) is 11.6. The lowest BCUT2D eigenvalue weighted by Gasteiger charge is -2.17. The van der Waals surface area contributed by atoms with Gasteiger partial charge in [-0.1, -0.05) is 37.3 Å². The van der Waals surface area contributed by atoms with Crippen molar-refractivity contribution in [1.82, 2.24) is 0 Å². The minimum atomic E-state index is -3.17. The van der Waals surface area contributed by atoms with Gasteiger partial charge in [0.05, 0.1) is 6.61 Å². The van der Waals surface area contributed by atoms with Crippen molar-refractivity contribution in [1.29, 1.82) is 0 Å². The molecule has 0 amide bonds. The summed E-state index contributed by atoms with van der Waals surface area (Å²) >= 11 is 1.26. The maximum atomic E-state index is 12.8. The van der Waals surface area contributed by atoms with E-state index in [-0.39, 0.29) is 0 Å². The Hall–Kier alpha value is -1.48. The van der Waals surface area contributed by atoms with Gasteiger partial charge in [-0.25, -0.2) is 4.57 Å². The predicted molar refractivity (Wildman–Crippen MR) is 104 cm³/mol. The third-order valence-electron chi connectivity index (χ3n) is 3.63. The molecule has 1 unspecified atom stereocenters. The van der Waals surface area contributed by atoms with Crippen molar-refractivity contribution in [3.8, 4) is 5.75 Å². The monoisotopic (exact) mass is 360 g/mol. The number of benzene rings is 3. The summed E-state index contributed by atoms with van der Waals surface area (Å²) in [4.78, 5) is 0. The van der Waals surface area contributed by atoms with E-state index in [0.717, 1.165) is 22.9 Å². The summed E-state index contributed by atoms with van der Waals surface area (Å²) in [6.45, 7) is 1.07. The molecule has 0 radical (unpaired) electrons. The molecule has 0 aliphatic carbocycles. The fraction of sp³-hybridized carbons (Fsp3) is 0.263. The Labute approximate surface area is 146 Å². The molecule has 3 aromatic rings. The Morgan fingerprint density at radius 2 is 1.58 bits per heavy atom. The molecule has 24 heavy (non-hydrogen) atoms. The number of rotatable bonds is 7. The highest BCUT2D eigenvalue weighted by Gasteiger charge is 2.26. The smallest absolute Gasteiger partial charge is 0.417 e. The van der Waals surface area contributed by atoms with Crippen LogP contribution in [0, 0.1) is 0 Å². The van der Waals surface area contributed by atoms with E-state index in [0.29, 0.717) is 12.4 Å². The third-order valence-corrected chi connectivity index (χ3v) is 7.59. The van der Waals surface area contributed by atoms with Gasteiger partial charge >= 0.3 is 6.80 Å². The average molecular weight is 360 g/mol. The summed E-state index contributed by atoms with van der Waals surface area (Å²) in [7, 11) is 0. The first-order valence-corrected chi connectivity index (χ1v) is 11.3. The van der Waals surface area contributed by atoms with Gasteiger partial charge in [-0.15, -0.1) is 0 Å². The fourth-order valence-electron chi connectivity index (χ4n) is 2.56. The molecule has 0 heterocycles. The van der Waals surface area contributed by atoms with Crippen LogP contribution in [0.1, 0.15) is 20.3 Å². The normalized spacial score (nSPS) is 13.9. The molecule has 1 atom stereocenters. The molecule has 3 nitrogen and oxygen atoms in total. The summed E-state index contributed by atoms with van der Waals surface area (Å²) in [5, 5.41) is 4.58. The first-order valence-electron chi connectivity index (χ1n) is 8.15. The molecule has 126 valence electrons. The molecule has 3 rings (SSSR count). The highest BCUT2D eigenvalue weighted by molar-refractivity contribution is 8.55. The van der Waals surface area contributed by atoms with Crippen LogP contribution in [0.4, 0.5) is 0 Å². The van der Waals surface area contributed by atoms with E-state index in [9.17, 15) is 4.57 Å². The SMILES string of the molecule is CCCSP(=O)(OCC)Oc1ccc2cc3ccccc3cc2c1. The molecule has 3 aromatic carbocycles. The van der Waals surface area contributed by atoms with Gasteiger partial charge in [-0.05, 0) is 70.5 Å². The minimum Gasteiger partial charge on any atom is -0.417 e. The van der Waals surface area contributed by atoms with Gasteiger partial charge in [0.1, 0.15) is 5.75 Å². The van der Waals surface area contributed by atoms with Crippen molar-refractivity contribution in [2.75, 3.05) is 12.4 Å². The molecule has 0 aliphatic rings. The molecule has 0 spiro atoms. The van der Waals surface area contributed by atoms with Crippen LogP contribution in [-0.2, 0) is 9.09 Å². The van der Waals surface area contributed by atoms with Crippen molar-refractivity contribution in [3.63, 3.8) is 0 Å². The van der Waals surface area contributed by atoms with Gasteiger partial charge in [-0.3, -0.25) is 4.52 Å². The summed E-state index contributed by atoms with van der Waals surface area (Å²) in [5.41, 5.74) is 0. The second-order valence-electron chi connectivity index (χ2n) is 5.50. The minimum absolute atomic E-state index is 0.367. The van der Waals surface area contributed by atoms with Crippen LogP contribution >= 0.6 is 18.2 Å². The van der Waals surface area contributed by atoms with Gasteiger partial charge in [0.15, 0.2) is 0 Å². The second-order valence-corrected chi connectivity index (χ2v) is 9.62. The number of hydrogen-bond donors (Lipinski definition) is 0. The summed E-state index contributed by atoms with van der Waals surface area (Å²) < 4.78 is 24.0. The molecule has 0 saturated heterocycles. The quantitative estimate of drug-likeness (QED) is 0.349. The molecule has 0 fully saturated rings. The van der Waals surface area contributed by atoms with Crippen molar-refractivity contribution >= 4 is 39.7 Å². The molecule has 0 aromatic heterocycles. The first kappa shape index (κ1) is 17.3. The van der Waals surface area contributed by atoms with E-state index in [1.54, 1.807) is 0 Å². The highest BCUT2D eigenvalue weighted by atomic mass is 32.7. The molecular formula is C19H21O3PS. The highest BCUT2D eigenvalue weighted by Crippen LogP contribution is 2.60. The van der Waals surface area contributed by atoms with E-state index in [1.807, 2.05) is 44.2 Å². The largest absolute Gasteiger partial charge is 0.440 e. The summed E-state index contributed by atoms with van der Waals surface area (Å²) in [5.74, 6) is 1.33. The summed E-state index contributed by atoms with van der Waals surface area (Å²) in [6, 6.07) is 18.3. The van der Waals surface area contributed by atoms with Crippen molar-refractivity contribution in [3.05, 3.63) is 54.6 Å². The van der Waals surface area contributed by atoms with E-state index >= 15 is 0 Å². The topological polar surface area (TPSA) is 35.5 Å². The van der Waals surface area contributed by atoms with Gasteiger partial charge in [0.2, 0.25) is 0 Å². The van der Waals surface area contributed by atoms with Crippen LogP contribution in [0.15, 0.2) is 54.6 Å². The van der Waals surface area contributed by atoms with Crippen LogP contribution in [-0.4, -0.2) is 12.4 Å². The number of hydrogen-bond acceptors (Lipinski definition) is 4. The van der Waals surface area contributed by atoms with Crippen molar-refractivity contribution in [2.45, 2.75) is 20.3 Å². The lowest BCUT2D eigenvalue weighted by Crippen LogP contribution is -1.96. The van der Waals surface area contributed by atoms with E-state index in [2.05, 4.69) is 24.3 Å². The molecule has 0 aliphatic heterocycles. The molecular weight excluding hydrogens is 339 g/mol. The third kappa shape index (κ3) is 3.94. The molecule has 0 N–H and O–H groups in total. The van der Waals surface area contributed by atoms with Gasteiger partial charge in [-0.2, -0.15) is 0 Å². The lowest BCUT2D eigenvalue weighted by atomic mass is 10.0. The lowest BCUT2D eigenvalue weighted by molar-refractivity contribution is 0.296. The Balaban J connectivity index is 1.94. The zero-order valence-electron chi connectivity index (χ0n) is 13.9. The Bertz CT molecular complexity index is 894. The second kappa shape index (κ2) is 7.60. The molecule has 5 heteroatoms. The Kier molecular flexibility index (Phi) is 5.50. The van der Waals surface area contributed by atoms with E-state index in [1.165, 1.54) is 22.2 Å². The fourth-order valence-corrected chi connectivity index (χ4v) is 6.00. The van der Waals surface area contributed by atoms with E-state index < -0.39 is 6.80 Å². The van der Waals surface area contributed by atoms with Gasteiger partial charge in [0.25, 0.3) is 0 Å². The zero-order valence-corrected chi connectivity index (χ0v) is 15.6. The average Bonchev–Trinajstić information content (AvgIpc) is 2.58. The van der Waals surface area contributed by atoms with Crippen LogP contribution in [0.2, 0.25) is 0 Å². The van der Waals surface area contributed by atoms with Crippen LogP contribution in [0.5, 0.6) is 5.75 Å². The predicted octanol–water partition coefficient (Wildman–Crippen LogP) is 6.66. The number of fused-ring (bicyclic) bond motifs is 2. The standard InChI is InChI=1S/C19H21O3PS/c1-3-11-24-23(20,21-4-2)22-19-10-9-17-12-15-7-5-6-8-16(15)13-18(17)14-19/h5-10,12-14H,3-4,11H2,1-2H3. The zero-order chi connectivity index (χ0) is 17.0. The Morgan fingerprint density at radius 1 is 0.917 bits per heavy atom. The summed E-state index contributed by atoms with van der Waals surface area (Å²) in [6.07, 6.45) is 0.925. The maximum absolute atomic E-state index is 12.8. The van der Waals surface area contributed by atoms with Crippen molar-refractivity contribution < 1.29 is 13.6 Å². The molecule has 0 bridgehead atoms. The Morgan fingerprint density at radius 3 is 2.25 bits per heavy atom. The van der Waals surface area contributed by atoms with Gasteiger partial charge in [0, 0.05) is 5.75 Å². The van der Waals surface area contributed by atoms with Crippen LogP contribution < -0.4 is 4.52 Å². The van der Waals surface area contributed by atoms with E-state index in [4.69, 9.17) is 9.05 Å². The maximum Gasteiger partial charge on any atom is 0.440 e. The van der Waals surface area contributed by atoms with Gasteiger partial charge < -0.3 is 4.52 Å².